The lowest BCUT2D eigenvalue weighted by atomic mass is 9.80. The van der Waals surface area contributed by atoms with E-state index in [-0.39, 0.29) is 6.10 Å². The molecule has 0 amide bonds. The summed E-state index contributed by atoms with van der Waals surface area (Å²) in [6.07, 6.45) is 6.50. The van der Waals surface area contributed by atoms with E-state index in [1.165, 1.54) is 0 Å². The van der Waals surface area contributed by atoms with Crippen LogP contribution in [0.4, 0.5) is 17.6 Å². The maximum atomic E-state index is 9.50. The van der Waals surface area contributed by atoms with Gasteiger partial charge in [-0.25, -0.2) is 9.97 Å². The summed E-state index contributed by atoms with van der Waals surface area (Å²) in [5.41, 5.74) is 6.84. The van der Waals surface area contributed by atoms with Gasteiger partial charge in [-0.05, 0) is 12.8 Å². The van der Waals surface area contributed by atoms with Crippen molar-refractivity contribution in [3.8, 4) is 0 Å². The molecule has 0 radical (unpaired) electrons. The average Bonchev–Trinajstić information content (AvgIpc) is 2.59. The molecule has 8 nitrogen and oxygen atoms in total. The van der Waals surface area contributed by atoms with Crippen LogP contribution in [0.2, 0.25) is 0 Å². The van der Waals surface area contributed by atoms with E-state index in [9.17, 15) is 5.11 Å². The van der Waals surface area contributed by atoms with Crippen molar-refractivity contribution in [2.24, 2.45) is 0 Å². The van der Waals surface area contributed by atoms with Crippen molar-refractivity contribution in [3.63, 3.8) is 0 Å². The Kier molecular flexibility index (Phi) is 3.89. The zero-order valence-electron chi connectivity index (χ0n) is 13.4. The van der Waals surface area contributed by atoms with E-state index in [1.54, 1.807) is 18.6 Å². The summed E-state index contributed by atoms with van der Waals surface area (Å²) in [6, 6.07) is 2.02. The molecule has 1 saturated carbocycles. The van der Waals surface area contributed by atoms with Crippen molar-refractivity contribution < 1.29 is 5.11 Å². The molecule has 2 fully saturated rings. The number of aliphatic hydroxyl groups is 1. The molecule has 0 bridgehead atoms. The van der Waals surface area contributed by atoms with Gasteiger partial charge in [0.15, 0.2) is 0 Å². The fourth-order valence-electron chi connectivity index (χ4n) is 3.29. The van der Waals surface area contributed by atoms with E-state index < -0.39 is 0 Å². The third-order valence-corrected chi connectivity index (χ3v) is 4.76. The van der Waals surface area contributed by atoms with E-state index in [4.69, 9.17) is 5.73 Å². The number of nitrogens with zero attached hydrogens (tertiary/aromatic N) is 6. The van der Waals surface area contributed by atoms with Crippen molar-refractivity contribution in [2.45, 2.75) is 24.9 Å². The molecular formula is C16H21N7O. The largest absolute Gasteiger partial charge is 0.393 e. The number of rotatable bonds is 3. The summed E-state index contributed by atoms with van der Waals surface area (Å²) in [6.45, 7) is 3.42. The minimum absolute atomic E-state index is 0.204. The number of nitrogens with two attached hydrogens (primary N) is 1. The third-order valence-electron chi connectivity index (χ3n) is 4.76. The molecule has 2 aromatic rings. The van der Waals surface area contributed by atoms with E-state index >= 15 is 0 Å². The molecule has 3 heterocycles. The maximum Gasteiger partial charge on any atom is 0.222 e. The van der Waals surface area contributed by atoms with Gasteiger partial charge >= 0.3 is 0 Å². The highest BCUT2D eigenvalue weighted by molar-refractivity contribution is 5.47. The van der Waals surface area contributed by atoms with Gasteiger partial charge in [-0.3, -0.25) is 4.98 Å². The maximum absolute atomic E-state index is 9.50. The molecule has 1 saturated heterocycles. The molecule has 126 valence electrons. The van der Waals surface area contributed by atoms with Gasteiger partial charge in [0, 0.05) is 50.6 Å². The van der Waals surface area contributed by atoms with E-state index in [0.717, 1.165) is 56.4 Å². The van der Waals surface area contributed by atoms with E-state index in [1.807, 2.05) is 6.07 Å². The second-order valence-corrected chi connectivity index (χ2v) is 6.37. The van der Waals surface area contributed by atoms with Crippen molar-refractivity contribution in [1.82, 2.24) is 19.9 Å². The topological polar surface area (TPSA) is 104 Å². The normalized spacial score (nSPS) is 23.9. The Morgan fingerprint density at radius 2 is 1.71 bits per heavy atom. The van der Waals surface area contributed by atoms with Gasteiger partial charge in [-0.2, -0.15) is 4.98 Å². The predicted molar refractivity (Wildman–Crippen MR) is 90.9 cm³/mol. The summed E-state index contributed by atoms with van der Waals surface area (Å²) in [7, 11) is 0. The van der Waals surface area contributed by atoms with E-state index in [0.29, 0.717) is 11.9 Å². The van der Waals surface area contributed by atoms with Crippen LogP contribution in [0.5, 0.6) is 0 Å². The Morgan fingerprint density at radius 3 is 2.33 bits per heavy atom. The van der Waals surface area contributed by atoms with Gasteiger partial charge in [0.25, 0.3) is 0 Å². The Labute approximate surface area is 140 Å². The minimum Gasteiger partial charge on any atom is -0.393 e. The summed E-state index contributed by atoms with van der Waals surface area (Å²) < 4.78 is 0. The first kappa shape index (κ1) is 15.1. The summed E-state index contributed by atoms with van der Waals surface area (Å²) in [5, 5.41) is 9.50. The lowest BCUT2D eigenvalue weighted by molar-refractivity contribution is 0.0732. The number of anilines is 3. The van der Waals surface area contributed by atoms with Gasteiger partial charge < -0.3 is 20.6 Å². The lowest BCUT2D eigenvalue weighted by Crippen LogP contribution is -2.47. The number of aromatic nitrogens is 4. The molecule has 1 aliphatic heterocycles. The number of hydrogen-bond acceptors (Lipinski definition) is 8. The van der Waals surface area contributed by atoms with Crippen LogP contribution in [-0.4, -0.2) is 57.3 Å². The number of hydrogen-bond donors (Lipinski definition) is 2. The summed E-state index contributed by atoms with van der Waals surface area (Å²) in [4.78, 5) is 21.7. The van der Waals surface area contributed by atoms with Crippen molar-refractivity contribution in [1.29, 1.82) is 0 Å². The second-order valence-electron chi connectivity index (χ2n) is 6.37. The monoisotopic (exact) mass is 327 g/mol. The second kappa shape index (κ2) is 6.20. The molecule has 24 heavy (non-hydrogen) atoms. The van der Waals surface area contributed by atoms with Gasteiger partial charge in [-0.1, -0.05) is 0 Å². The van der Waals surface area contributed by atoms with Crippen molar-refractivity contribution in [3.05, 3.63) is 30.4 Å². The zero-order valence-corrected chi connectivity index (χ0v) is 13.4. The Morgan fingerprint density at radius 1 is 1.00 bits per heavy atom. The number of piperazine rings is 1. The Hall–Kier alpha value is -2.48. The molecule has 2 aromatic heterocycles. The van der Waals surface area contributed by atoms with Crippen LogP contribution in [0.1, 0.15) is 24.5 Å². The molecule has 0 spiro atoms. The van der Waals surface area contributed by atoms with Crippen LogP contribution in [0.3, 0.4) is 0 Å². The van der Waals surface area contributed by atoms with Gasteiger partial charge in [0.05, 0.1) is 18.0 Å². The first-order valence-electron chi connectivity index (χ1n) is 8.27. The minimum atomic E-state index is -0.204. The van der Waals surface area contributed by atoms with E-state index in [2.05, 4.69) is 29.7 Å². The fraction of sp³-hybridized carbons (Fsp3) is 0.500. The average molecular weight is 327 g/mol. The highest BCUT2D eigenvalue weighted by Crippen LogP contribution is 2.37. The Balaban J connectivity index is 1.45. The quantitative estimate of drug-likeness (QED) is 0.835. The van der Waals surface area contributed by atoms with Crippen LogP contribution in [0.25, 0.3) is 0 Å². The third kappa shape index (κ3) is 2.96. The number of aliphatic hydroxyl groups excluding tert-OH is 1. The van der Waals surface area contributed by atoms with Crippen LogP contribution < -0.4 is 15.5 Å². The lowest BCUT2D eigenvalue weighted by Gasteiger charge is -2.36. The molecule has 4 rings (SSSR count). The highest BCUT2D eigenvalue weighted by atomic mass is 16.3. The Bertz CT molecular complexity index is 697. The molecule has 1 aliphatic carbocycles. The fourth-order valence-corrected chi connectivity index (χ4v) is 3.29. The SMILES string of the molecule is Nc1nc(C2CC(O)C2)cc(N2CCN(c3cnccn3)CC2)n1. The van der Waals surface area contributed by atoms with Crippen LogP contribution in [0, 0.1) is 0 Å². The predicted octanol–water partition coefficient (Wildman–Crippen LogP) is 0.414. The van der Waals surface area contributed by atoms with Crippen molar-refractivity contribution in [2.75, 3.05) is 41.7 Å². The zero-order chi connectivity index (χ0) is 16.5. The van der Waals surface area contributed by atoms with Gasteiger partial charge in [0.1, 0.15) is 11.6 Å². The summed E-state index contributed by atoms with van der Waals surface area (Å²) >= 11 is 0. The molecule has 0 aromatic carbocycles. The van der Waals surface area contributed by atoms with Gasteiger partial charge in [0.2, 0.25) is 5.95 Å². The van der Waals surface area contributed by atoms with Crippen LogP contribution in [0.15, 0.2) is 24.7 Å². The smallest absolute Gasteiger partial charge is 0.222 e. The molecular weight excluding hydrogens is 306 g/mol. The highest BCUT2D eigenvalue weighted by Gasteiger charge is 2.31. The van der Waals surface area contributed by atoms with Crippen LogP contribution in [-0.2, 0) is 0 Å². The molecule has 3 N–H and O–H groups in total. The molecule has 0 atom stereocenters. The van der Waals surface area contributed by atoms with Crippen molar-refractivity contribution >= 4 is 17.6 Å². The molecule has 8 heteroatoms. The number of nitrogen functional groups attached to an aromatic ring is 1. The standard InChI is InChI=1S/C16H21N7O/c17-16-20-13(11-7-12(24)8-11)9-14(21-16)22-3-5-23(6-4-22)15-10-18-1-2-19-15/h1-2,9-12,24H,3-8H2,(H2,17,20,21). The van der Waals surface area contributed by atoms with Crippen LogP contribution >= 0.6 is 0 Å². The molecule has 0 unspecified atom stereocenters. The first-order valence-corrected chi connectivity index (χ1v) is 8.27. The summed E-state index contributed by atoms with van der Waals surface area (Å²) in [5.74, 6) is 2.38. The van der Waals surface area contributed by atoms with Gasteiger partial charge in [-0.15, -0.1) is 0 Å². The molecule has 2 aliphatic rings. The first-order chi connectivity index (χ1) is 11.7.